The summed E-state index contributed by atoms with van der Waals surface area (Å²) in [6, 6.07) is 11.2. The summed E-state index contributed by atoms with van der Waals surface area (Å²) in [6.07, 6.45) is 4.78. The number of pyridine rings is 1. The molecule has 29 heavy (non-hydrogen) atoms. The molecule has 2 aromatic heterocycles. The Kier molecular flexibility index (Phi) is 5.15. The van der Waals surface area contributed by atoms with Crippen LogP contribution in [0.1, 0.15) is 11.1 Å². The maximum atomic E-state index is 13.0. The van der Waals surface area contributed by atoms with Gasteiger partial charge in [-0.3, -0.25) is 4.79 Å². The number of nitrogens with zero attached hydrogens (tertiary/aromatic N) is 1. The molecule has 0 radical (unpaired) electrons. The van der Waals surface area contributed by atoms with Gasteiger partial charge in [0.25, 0.3) is 0 Å². The molecule has 1 atom stereocenters. The van der Waals surface area contributed by atoms with Crippen LogP contribution in [0, 0.1) is 0 Å². The van der Waals surface area contributed by atoms with Crippen molar-refractivity contribution >= 4 is 34.8 Å². The number of hydrogen-bond donors (Lipinski definition) is 5. The molecule has 0 unspecified atom stereocenters. The van der Waals surface area contributed by atoms with E-state index in [-0.39, 0.29) is 18.5 Å². The van der Waals surface area contributed by atoms with Gasteiger partial charge in [0.2, 0.25) is 5.91 Å². The summed E-state index contributed by atoms with van der Waals surface area (Å²) < 4.78 is 0. The second kappa shape index (κ2) is 8.05. The molecule has 4 rings (SSSR count). The minimum absolute atomic E-state index is 0.120. The molecule has 0 bridgehead atoms. The minimum atomic E-state index is -1.12. The first-order valence-corrected chi connectivity index (χ1v) is 9.32. The molecule has 1 aromatic carbocycles. The molecule has 0 spiro atoms. The van der Waals surface area contributed by atoms with Gasteiger partial charge in [0, 0.05) is 47.7 Å². The van der Waals surface area contributed by atoms with Crippen molar-refractivity contribution < 1.29 is 14.7 Å². The fourth-order valence-electron chi connectivity index (χ4n) is 3.48. The maximum Gasteiger partial charge on any atom is 0.404 e. The van der Waals surface area contributed by atoms with Crippen molar-refractivity contribution in [1.29, 1.82) is 0 Å². The molecule has 8 heteroatoms. The fraction of sp³-hybridized carbons (Fsp3) is 0.190. The van der Waals surface area contributed by atoms with Gasteiger partial charge in [-0.1, -0.05) is 30.3 Å². The number of hydrogen-bond acceptors (Lipinski definition) is 4. The summed E-state index contributed by atoms with van der Waals surface area (Å²) in [5, 5.41) is 18.5. The maximum absolute atomic E-state index is 13.0. The number of aromatic nitrogens is 2. The Morgan fingerprint density at radius 2 is 2.03 bits per heavy atom. The van der Waals surface area contributed by atoms with Crippen molar-refractivity contribution in [2.75, 3.05) is 18.4 Å². The number of H-pyrrole nitrogens is 1. The molecule has 0 aliphatic carbocycles. The zero-order valence-electron chi connectivity index (χ0n) is 15.6. The second-order valence-corrected chi connectivity index (χ2v) is 6.90. The monoisotopic (exact) mass is 391 g/mol. The van der Waals surface area contributed by atoms with E-state index in [9.17, 15) is 9.59 Å². The van der Waals surface area contributed by atoms with Gasteiger partial charge >= 0.3 is 6.09 Å². The van der Waals surface area contributed by atoms with Crippen LogP contribution < -0.4 is 16.0 Å². The normalized spacial score (nSPS) is 13.7. The standard InChI is InChI=1S/C21H21N5O3/c27-20(26-16(12-25-21(28)29)8-13-4-2-1-3-5-13)15-9-14-10-24-19-18(14)17(23-11-15)6-7-22-19/h1-7,9-10,16,23,25H,8,11-12H2,(H,22,24)(H,26,27)(H,28,29)/t16-/m0/s1. The van der Waals surface area contributed by atoms with Gasteiger partial charge in [0.15, 0.2) is 0 Å². The molecular weight excluding hydrogens is 370 g/mol. The summed E-state index contributed by atoms with van der Waals surface area (Å²) in [7, 11) is 0. The minimum Gasteiger partial charge on any atom is -0.465 e. The smallest absolute Gasteiger partial charge is 0.404 e. The van der Waals surface area contributed by atoms with Crippen LogP contribution in [-0.4, -0.2) is 46.2 Å². The van der Waals surface area contributed by atoms with Crippen LogP contribution in [0.2, 0.25) is 0 Å². The number of nitrogens with one attached hydrogen (secondary N) is 4. The van der Waals surface area contributed by atoms with E-state index in [0.29, 0.717) is 18.5 Å². The van der Waals surface area contributed by atoms with Crippen molar-refractivity contribution in [3.05, 3.63) is 65.5 Å². The van der Waals surface area contributed by atoms with Gasteiger partial charge in [-0.15, -0.1) is 0 Å². The van der Waals surface area contributed by atoms with Crippen LogP contribution in [-0.2, 0) is 11.2 Å². The molecule has 1 aliphatic heterocycles. The summed E-state index contributed by atoms with van der Waals surface area (Å²) in [5.41, 5.74) is 4.15. The molecule has 5 N–H and O–H groups in total. The third-order valence-corrected chi connectivity index (χ3v) is 4.85. The molecule has 3 heterocycles. The Hall–Kier alpha value is -3.81. The Morgan fingerprint density at radius 3 is 2.83 bits per heavy atom. The van der Waals surface area contributed by atoms with E-state index in [4.69, 9.17) is 5.11 Å². The van der Waals surface area contributed by atoms with Crippen LogP contribution in [0.25, 0.3) is 17.1 Å². The van der Waals surface area contributed by atoms with Gasteiger partial charge in [-0.05, 0) is 24.1 Å². The third kappa shape index (κ3) is 4.21. The molecule has 3 aromatic rings. The number of carbonyl (C=O) groups excluding carboxylic acids is 1. The largest absolute Gasteiger partial charge is 0.465 e. The van der Waals surface area contributed by atoms with Crippen LogP contribution in [0.15, 0.2) is 54.4 Å². The first kappa shape index (κ1) is 18.5. The predicted octanol–water partition coefficient (Wildman–Crippen LogP) is 2.37. The fourth-order valence-corrected chi connectivity index (χ4v) is 3.48. The number of aromatic amines is 1. The highest BCUT2D eigenvalue weighted by molar-refractivity contribution is 6.05. The Balaban J connectivity index is 1.53. The lowest BCUT2D eigenvalue weighted by Crippen LogP contribution is -2.45. The number of benzene rings is 1. The number of amides is 2. The quantitative estimate of drug-likeness (QED) is 0.442. The summed E-state index contributed by atoms with van der Waals surface area (Å²) in [6.45, 7) is 0.485. The van der Waals surface area contributed by atoms with E-state index < -0.39 is 6.09 Å². The highest BCUT2D eigenvalue weighted by Gasteiger charge is 2.20. The molecular formula is C21H21N5O3. The average molecular weight is 391 g/mol. The summed E-state index contributed by atoms with van der Waals surface area (Å²) in [5.74, 6) is -0.235. The van der Waals surface area contributed by atoms with E-state index >= 15 is 0 Å². The average Bonchev–Trinajstić information content (AvgIpc) is 3.03. The highest BCUT2D eigenvalue weighted by atomic mass is 16.4. The van der Waals surface area contributed by atoms with Crippen LogP contribution in [0.3, 0.4) is 0 Å². The van der Waals surface area contributed by atoms with E-state index in [2.05, 4.69) is 25.9 Å². The molecule has 0 saturated heterocycles. The molecule has 0 fully saturated rings. The number of carboxylic acid groups (broad SMARTS) is 1. The van der Waals surface area contributed by atoms with Crippen molar-refractivity contribution in [2.45, 2.75) is 12.5 Å². The van der Waals surface area contributed by atoms with Gasteiger partial charge in [0.05, 0.1) is 6.04 Å². The van der Waals surface area contributed by atoms with Gasteiger partial charge < -0.3 is 26.0 Å². The Morgan fingerprint density at radius 1 is 1.21 bits per heavy atom. The van der Waals surface area contributed by atoms with Crippen LogP contribution in [0.4, 0.5) is 10.5 Å². The van der Waals surface area contributed by atoms with E-state index in [1.165, 1.54) is 0 Å². The summed E-state index contributed by atoms with van der Waals surface area (Å²) in [4.78, 5) is 31.3. The number of rotatable bonds is 6. The SMILES string of the molecule is O=C(O)NC[C@H](Cc1ccccc1)NC(=O)C1=Cc2c[nH]c3nccc(c23)NC1. The molecule has 8 nitrogen and oxygen atoms in total. The van der Waals surface area contributed by atoms with Crippen LogP contribution in [0.5, 0.6) is 0 Å². The number of anilines is 1. The lowest BCUT2D eigenvalue weighted by Gasteiger charge is -2.20. The van der Waals surface area contributed by atoms with E-state index in [1.54, 1.807) is 6.20 Å². The lowest BCUT2D eigenvalue weighted by molar-refractivity contribution is -0.118. The zero-order chi connectivity index (χ0) is 20.2. The molecule has 0 saturated carbocycles. The van der Waals surface area contributed by atoms with Gasteiger partial charge in [0.1, 0.15) is 5.65 Å². The molecule has 148 valence electrons. The van der Waals surface area contributed by atoms with Crippen molar-refractivity contribution in [2.24, 2.45) is 0 Å². The Labute approximate surface area is 167 Å². The summed E-state index contributed by atoms with van der Waals surface area (Å²) >= 11 is 0. The first-order chi connectivity index (χ1) is 14.1. The predicted molar refractivity (Wildman–Crippen MR) is 111 cm³/mol. The number of carbonyl (C=O) groups is 2. The lowest BCUT2D eigenvalue weighted by atomic mass is 10.0. The van der Waals surface area contributed by atoms with Crippen molar-refractivity contribution in [3.63, 3.8) is 0 Å². The van der Waals surface area contributed by atoms with Crippen molar-refractivity contribution in [3.8, 4) is 0 Å². The second-order valence-electron chi connectivity index (χ2n) is 6.90. The highest BCUT2D eigenvalue weighted by Crippen LogP contribution is 2.29. The molecule has 2 amide bonds. The van der Waals surface area contributed by atoms with Gasteiger partial charge in [-0.2, -0.15) is 0 Å². The third-order valence-electron chi connectivity index (χ3n) is 4.85. The Bertz CT molecular complexity index is 1070. The topological polar surface area (TPSA) is 119 Å². The van der Waals surface area contributed by atoms with Gasteiger partial charge in [-0.25, -0.2) is 9.78 Å². The zero-order valence-corrected chi connectivity index (χ0v) is 15.6. The van der Waals surface area contributed by atoms with E-state index in [0.717, 1.165) is 27.8 Å². The molecule has 1 aliphatic rings. The van der Waals surface area contributed by atoms with Crippen LogP contribution >= 0.6 is 0 Å². The van der Waals surface area contributed by atoms with E-state index in [1.807, 2.05) is 48.7 Å². The first-order valence-electron chi connectivity index (χ1n) is 9.32. The van der Waals surface area contributed by atoms with Crippen molar-refractivity contribution in [1.82, 2.24) is 20.6 Å².